The van der Waals surface area contributed by atoms with Crippen molar-refractivity contribution in [2.24, 2.45) is 5.41 Å². The molecule has 0 N–H and O–H groups in total. The Morgan fingerprint density at radius 1 is 0.579 bits per heavy atom. The molecule has 0 fully saturated rings. The molecular weight excluding hydrogens is 232 g/mol. The number of unbranched alkanes of at least 4 members (excludes halogenated alkanes) is 7. The van der Waals surface area contributed by atoms with Crippen molar-refractivity contribution in [3.63, 3.8) is 0 Å². The fourth-order valence-electron chi connectivity index (χ4n) is 2.20. The molecule has 0 aliphatic rings. The molecule has 0 aromatic carbocycles. The van der Waals surface area contributed by atoms with Crippen LogP contribution >= 0.6 is 0 Å². The maximum atomic E-state index is 5.72. The highest BCUT2D eigenvalue weighted by Gasteiger charge is 2.09. The smallest absolute Gasteiger partial charge is 0.0598 e. The van der Waals surface area contributed by atoms with E-state index in [9.17, 15) is 0 Å². The van der Waals surface area contributed by atoms with Crippen LogP contribution in [0.25, 0.3) is 0 Å². The molecule has 0 atom stereocenters. The summed E-state index contributed by atoms with van der Waals surface area (Å²) in [6.45, 7) is 14.3. The average Bonchev–Trinajstić information content (AvgIpc) is 2.22. The highest BCUT2D eigenvalue weighted by Crippen LogP contribution is 2.22. The minimum atomic E-state index is 0.0348. The highest BCUT2D eigenvalue weighted by atomic mass is 16.5. The molecule has 0 aromatic rings. The van der Waals surface area contributed by atoms with Gasteiger partial charge in [-0.25, -0.2) is 0 Å². The van der Waals surface area contributed by atoms with Crippen molar-refractivity contribution in [2.75, 3.05) is 6.61 Å². The maximum absolute atomic E-state index is 5.72. The number of hydrogen-bond donors (Lipinski definition) is 0. The Morgan fingerprint density at radius 2 is 1.00 bits per heavy atom. The third-order valence-electron chi connectivity index (χ3n) is 3.36. The van der Waals surface area contributed by atoms with Crippen LogP contribution < -0.4 is 0 Å². The van der Waals surface area contributed by atoms with Crippen LogP contribution in [-0.4, -0.2) is 12.2 Å². The fraction of sp³-hybridized carbons (Fsp3) is 1.00. The molecule has 0 heterocycles. The Bertz CT molecular complexity index is 173. The molecule has 0 aliphatic heterocycles. The summed E-state index contributed by atoms with van der Waals surface area (Å²) in [4.78, 5) is 0. The summed E-state index contributed by atoms with van der Waals surface area (Å²) >= 11 is 0. The van der Waals surface area contributed by atoms with Gasteiger partial charge in [-0.05, 0) is 39.0 Å². The summed E-state index contributed by atoms with van der Waals surface area (Å²) in [7, 11) is 0. The predicted molar refractivity (Wildman–Crippen MR) is 86.7 cm³/mol. The van der Waals surface area contributed by atoms with E-state index in [1.165, 1.54) is 57.8 Å². The van der Waals surface area contributed by atoms with E-state index in [1.807, 2.05) is 0 Å². The summed E-state index contributed by atoms with van der Waals surface area (Å²) in [5, 5.41) is 0. The van der Waals surface area contributed by atoms with Crippen LogP contribution in [0.1, 0.15) is 99.3 Å². The van der Waals surface area contributed by atoms with Crippen molar-refractivity contribution in [3.05, 3.63) is 0 Å². The third-order valence-corrected chi connectivity index (χ3v) is 3.36. The number of hydrogen-bond acceptors (Lipinski definition) is 1. The van der Waals surface area contributed by atoms with Crippen molar-refractivity contribution in [1.29, 1.82) is 0 Å². The monoisotopic (exact) mass is 270 g/mol. The lowest BCUT2D eigenvalue weighted by Crippen LogP contribution is -2.19. The van der Waals surface area contributed by atoms with Crippen molar-refractivity contribution in [2.45, 2.75) is 105 Å². The molecule has 1 nitrogen and oxygen atoms in total. The van der Waals surface area contributed by atoms with Crippen molar-refractivity contribution in [1.82, 2.24) is 0 Å². The second-order valence-corrected chi connectivity index (χ2v) is 8.10. The van der Waals surface area contributed by atoms with E-state index in [4.69, 9.17) is 4.74 Å². The third kappa shape index (κ3) is 18.0. The molecule has 0 saturated carbocycles. The first-order chi connectivity index (χ1) is 8.71. The quantitative estimate of drug-likeness (QED) is 0.420. The van der Waals surface area contributed by atoms with Gasteiger partial charge < -0.3 is 4.74 Å². The lowest BCUT2D eigenvalue weighted by atomic mass is 9.89. The SMILES string of the molecule is CC(C)(C)CCCCCCCCCCOC(C)(C)C. The molecule has 0 saturated heterocycles. The topological polar surface area (TPSA) is 9.23 Å². The van der Waals surface area contributed by atoms with E-state index < -0.39 is 0 Å². The first kappa shape index (κ1) is 19.0. The van der Waals surface area contributed by atoms with Crippen LogP contribution in [0.2, 0.25) is 0 Å². The van der Waals surface area contributed by atoms with Gasteiger partial charge in [0, 0.05) is 6.61 Å². The Balaban J connectivity index is 3.12. The molecule has 0 aromatic heterocycles. The Hall–Kier alpha value is -0.0400. The van der Waals surface area contributed by atoms with Crippen molar-refractivity contribution < 1.29 is 4.74 Å². The van der Waals surface area contributed by atoms with Gasteiger partial charge in [-0.3, -0.25) is 0 Å². The van der Waals surface area contributed by atoms with Crippen LogP contribution in [0.5, 0.6) is 0 Å². The van der Waals surface area contributed by atoms with Gasteiger partial charge in [0.2, 0.25) is 0 Å². The zero-order valence-corrected chi connectivity index (χ0v) is 14.5. The lowest BCUT2D eigenvalue weighted by molar-refractivity contribution is -0.00474. The minimum Gasteiger partial charge on any atom is -0.376 e. The van der Waals surface area contributed by atoms with Gasteiger partial charge >= 0.3 is 0 Å². The molecule has 0 rings (SSSR count). The van der Waals surface area contributed by atoms with E-state index in [2.05, 4.69) is 41.5 Å². The van der Waals surface area contributed by atoms with Gasteiger partial charge in [0.1, 0.15) is 0 Å². The van der Waals surface area contributed by atoms with Gasteiger partial charge in [-0.15, -0.1) is 0 Å². The molecule has 0 amide bonds. The van der Waals surface area contributed by atoms with Crippen LogP contribution in [0.4, 0.5) is 0 Å². The molecule has 0 bridgehead atoms. The second-order valence-electron chi connectivity index (χ2n) is 8.10. The predicted octanol–water partition coefficient (Wildman–Crippen LogP) is 6.36. The summed E-state index contributed by atoms with van der Waals surface area (Å²) < 4.78 is 5.72. The van der Waals surface area contributed by atoms with Crippen molar-refractivity contribution >= 4 is 0 Å². The van der Waals surface area contributed by atoms with Crippen molar-refractivity contribution in [3.8, 4) is 0 Å². The largest absolute Gasteiger partial charge is 0.376 e. The number of ether oxygens (including phenoxy) is 1. The molecule has 19 heavy (non-hydrogen) atoms. The molecule has 1 heteroatoms. The Kier molecular flexibility index (Phi) is 9.78. The summed E-state index contributed by atoms with van der Waals surface area (Å²) in [5.74, 6) is 0. The molecular formula is C18H38O. The second kappa shape index (κ2) is 9.80. The van der Waals surface area contributed by atoms with Crippen LogP contribution in [0.15, 0.2) is 0 Å². The van der Waals surface area contributed by atoms with Gasteiger partial charge in [-0.2, -0.15) is 0 Å². The normalized spacial score (nSPS) is 12.9. The molecule has 0 spiro atoms. The van der Waals surface area contributed by atoms with E-state index in [-0.39, 0.29) is 5.60 Å². The minimum absolute atomic E-state index is 0.0348. The summed E-state index contributed by atoms with van der Waals surface area (Å²) in [6, 6.07) is 0. The standard InChI is InChI=1S/C18H38O/c1-17(2,3)15-13-11-9-7-8-10-12-14-16-19-18(4,5)6/h7-16H2,1-6H3. The van der Waals surface area contributed by atoms with Gasteiger partial charge in [0.25, 0.3) is 0 Å². The zero-order valence-electron chi connectivity index (χ0n) is 14.5. The lowest BCUT2D eigenvalue weighted by Gasteiger charge is -2.19. The van der Waals surface area contributed by atoms with E-state index >= 15 is 0 Å². The van der Waals surface area contributed by atoms with Crippen LogP contribution in [-0.2, 0) is 4.74 Å². The zero-order chi connectivity index (χ0) is 14.8. The van der Waals surface area contributed by atoms with Gasteiger partial charge in [0.05, 0.1) is 5.60 Å². The van der Waals surface area contributed by atoms with Gasteiger partial charge in [0.15, 0.2) is 0 Å². The molecule has 0 aliphatic carbocycles. The Labute approximate surface area is 122 Å². The molecule has 0 unspecified atom stereocenters. The first-order valence-corrected chi connectivity index (χ1v) is 8.35. The Morgan fingerprint density at radius 3 is 1.42 bits per heavy atom. The molecule has 116 valence electrons. The van der Waals surface area contributed by atoms with Crippen LogP contribution in [0.3, 0.4) is 0 Å². The summed E-state index contributed by atoms with van der Waals surface area (Å²) in [5.41, 5.74) is 0.556. The molecule has 0 radical (unpaired) electrons. The van der Waals surface area contributed by atoms with E-state index in [0.717, 1.165) is 6.61 Å². The highest BCUT2D eigenvalue weighted by molar-refractivity contribution is 4.61. The first-order valence-electron chi connectivity index (χ1n) is 8.35. The maximum Gasteiger partial charge on any atom is 0.0598 e. The fourth-order valence-corrected chi connectivity index (χ4v) is 2.20. The van der Waals surface area contributed by atoms with Crippen LogP contribution in [0, 0.1) is 5.41 Å². The number of rotatable bonds is 10. The van der Waals surface area contributed by atoms with Gasteiger partial charge in [-0.1, -0.05) is 65.7 Å². The van der Waals surface area contributed by atoms with E-state index in [0.29, 0.717) is 5.41 Å². The van der Waals surface area contributed by atoms with E-state index in [1.54, 1.807) is 0 Å². The summed E-state index contributed by atoms with van der Waals surface area (Å²) in [6.07, 6.45) is 12.4. The average molecular weight is 271 g/mol.